The number of methoxy groups -OCH3 is 1. The molecule has 0 bridgehead atoms. The Bertz CT molecular complexity index is 1170. The van der Waals surface area contributed by atoms with Gasteiger partial charge in [-0.3, -0.25) is 9.69 Å². The zero-order valence-electron chi connectivity index (χ0n) is 26.0. The number of rotatable bonds is 16. The Hall–Kier alpha value is -2.77. The van der Waals surface area contributed by atoms with Gasteiger partial charge in [-0.25, -0.2) is 0 Å². The number of hydrogen-bond donors (Lipinski definition) is 1. The molecule has 0 radical (unpaired) electrons. The van der Waals surface area contributed by atoms with Crippen LogP contribution in [0.1, 0.15) is 44.7 Å². The minimum Gasteiger partial charge on any atom is -0.468 e. The van der Waals surface area contributed by atoms with E-state index < -0.39 is 19.3 Å². The maximum absolute atomic E-state index is 13.1. The zero-order chi connectivity index (χ0) is 30.0. The number of carbonyl (C=O) groups is 1. The lowest BCUT2D eigenvalue weighted by Crippen LogP contribution is -2.46. The maximum Gasteiger partial charge on any atom is 0.315 e. The SMILES string of the molecule is C=C[C@@]1(O[Si](C)(C)C(C)(C)C)C[C@@]1(C/C=C/CN(C/C=C/CNCc1ccccc1)Cc1ccccc1)C(=O)OC. The van der Waals surface area contributed by atoms with Crippen molar-refractivity contribution in [1.29, 1.82) is 0 Å². The Labute approximate surface area is 249 Å². The molecule has 0 aliphatic heterocycles. The summed E-state index contributed by atoms with van der Waals surface area (Å²) in [5, 5.41) is 3.51. The maximum atomic E-state index is 13.1. The van der Waals surface area contributed by atoms with Gasteiger partial charge in [0.2, 0.25) is 0 Å². The molecule has 2 aromatic carbocycles. The summed E-state index contributed by atoms with van der Waals surface area (Å²) in [5.74, 6) is -0.215. The summed E-state index contributed by atoms with van der Waals surface area (Å²) in [6.45, 7) is 19.3. The van der Waals surface area contributed by atoms with Crippen molar-refractivity contribution >= 4 is 14.3 Å². The van der Waals surface area contributed by atoms with Crippen molar-refractivity contribution in [2.75, 3.05) is 26.7 Å². The lowest BCUT2D eigenvalue weighted by Gasteiger charge is -2.40. The van der Waals surface area contributed by atoms with Crippen molar-refractivity contribution in [1.82, 2.24) is 10.2 Å². The summed E-state index contributed by atoms with van der Waals surface area (Å²) in [6, 6.07) is 21.0. The average molecular weight is 575 g/mol. The average Bonchev–Trinajstić information content (AvgIpc) is 3.59. The van der Waals surface area contributed by atoms with Crippen molar-refractivity contribution in [3.8, 4) is 0 Å². The summed E-state index contributed by atoms with van der Waals surface area (Å²) in [7, 11) is -0.656. The van der Waals surface area contributed by atoms with Crippen molar-refractivity contribution in [3.63, 3.8) is 0 Å². The van der Waals surface area contributed by atoms with Gasteiger partial charge in [0.05, 0.1) is 12.7 Å². The summed E-state index contributed by atoms with van der Waals surface area (Å²) < 4.78 is 12.1. The third-order valence-corrected chi connectivity index (χ3v) is 13.1. The van der Waals surface area contributed by atoms with Crippen molar-refractivity contribution < 1.29 is 14.0 Å². The Kier molecular flexibility index (Phi) is 11.5. The van der Waals surface area contributed by atoms with Crippen LogP contribution in [0.15, 0.2) is 97.6 Å². The predicted molar refractivity (Wildman–Crippen MR) is 173 cm³/mol. The quantitative estimate of drug-likeness (QED) is 0.0987. The molecule has 5 nitrogen and oxygen atoms in total. The summed E-state index contributed by atoms with van der Waals surface area (Å²) in [4.78, 5) is 15.5. The molecule has 0 saturated heterocycles. The molecule has 41 heavy (non-hydrogen) atoms. The van der Waals surface area contributed by atoms with E-state index in [2.05, 4.69) is 123 Å². The zero-order valence-corrected chi connectivity index (χ0v) is 27.0. The third-order valence-electron chi connectivity index (χ3n) is 8.61. The number of carbonyl (C=O) groups excluding carboxylic acids is 1. The molecule has 0 amide bonds. The van der Waals surface area contributed by atoms with Gasteiger partial charge >= 0.3 is 5.97 Å². The van der Waals surface area contributed by atoms with Crippen LogP contribution in [0.5, 0.6) is 0 Å². The van der Waals surface area contributed by atoms with Crippen LogP contribution in [0.2, 0.25) is 18.1 Å². The lowest BCUT2D eigenvalue weighted by atomic mass is 9.96. The first-order chi connectivity index (χ1) is 19.5. The van der Waals surface area contributed by atoms with E-state index in [9.17, 15) is 4.79 Å². The molecular formula is C35H50N2O3Si. The third kappa shape index (κ3) is 8.62. The second kappa shape index (κ2) is 14.4. The van der Waals surface area contributed by atoms with Crippen LogP contribution in [0.4, 0.5) is 0 Å². The second-order valence-corrected chi connectivity index (χ2v) is 17.4. The van der Waals surface area contributed by atoms with E-state index in [1.54, 1.807) is 0 Å². The van der Waals surface area contributed by atoms with Gasteiger partial charge < -0.3 is 14.5 Å². The van der Waals surface area contributed by atoms with Gasteiger partial charge in [-0.15, -0.1) is 6.58 Å². The minimum atomic E-state index is -2.12. The fraction of sp³-hybridized carbons (Fsp3) is 0.457. The molecule has 0 unspecified atom stereocenters. The molecule has 1 fully saturated rings. The molecule has 0 aromatic heterocycles. The fourth-order valence-electron chi connectivity index (χ4n) is 4.98. The van der Waals surface area contributed by atoms with Crippen LogP contribution in [-0.2, 0) is 27.0 Å². The molecule has 0 heterocycles. The summed E-state index contributed by atoms with van der Waals surface area (Å²) >= 11 is 0. The van der Waals surface area contributed by atoms with E-state index in [0.717, 1.165) is 32.7 Å². The van der Waals surface area contributed by atoms with Crippen LogP contribution in [0, 0.1) is 5.41 Å². The normalized spacial score (nSPS) is 21.0. The Balaban J connectivity index is 1.63. The summed E-state index contributed by atoms with van der Waals surface area (Å²) in [6.07, 6.45) is 11.7. The molecule has 222 valence electrons. The van der Waals surface area contributed by atoms with Crippen LogP contribution in [0.3, 0.4) is 0 Å². The van der Waals surface area contributed by atoms with Gasteiger partial charge in [-0.05, 0) is 42.1 Å². The van der Waals surface area contributed by atoms with Gasteiger partial charge in [0.15, 0.2) is 8.32 Å². The molecule has 1 saturated carbocycles. The van der Waals surface area contributed by atoms with Crippen LogP contribution in [-0.4, -0.2) is 51.5 Å². The van der Waals surface area contributed by atoms with Crippen LogP contribution >= 0.6 is 0 Å². The van der Waals surface area contributed by atoms with E-state index in [0.29, 0.717) is 12.8 Å². The molecule has 1 N–H and O–H groups in total. The smallest absolute Gasteiger partial charge is 0.315 e. The minimum absolute atomic E-state index is 0.0336. The number of esters is 1. The van der Waals surface area contributed by atoms with Crippen molar-refractivity contribution in [2.24, 2.45) is 5.41 Å². The van der Waals surface area contributed by atoms with Crippen molar-refractivity contribution in [3.05, 3.63) is 109 Å². The molecule has 2 aromatic rings. The number of hydrogen-bond acceptors (Lipinski definition) is 5. The number of allylic oxidation sites excluding steroid dienone is 1. The molecule has 2 atom stereocenters. The standard InChI is InChI=1S/C35H50N2O3Si/c1-8-35(40-41(6,7)33(2,3)4)29-34(35,32(38)39-5)23-15-17-25-37(28-31-21-13-10-14-22-31)26-18-16-24-36-27-30-19-11-9-12-20-30/h8-22,36H,1,23-29H2,2-7H3/b17-15+,18-16+/t34-,35+/m0/s1. The first-order valence-corrected chi connectivity index (χ1v) is 17.6. The van der Waals surface area contributed by atoms with Gasteiger partial charge in [-0.1, -0.05) is 112 Å². The number of ether oxygens (including phenoxy) is 1. The van der Waals surface area contributed by atoms with E-state index >= 15 is 0 Å². The van der Waals surface area contributed by atoms with E-state index in [1.165, 1.54) is 18.2 Å². The Morgan fingerprint density at radius 3 is 2.12 bits per heavy atom. The first-order valence-electron chi connectivity index (χ1n) is 14.7. The van der Waals surface area contributed by atoms with E-state index in [4.69, 9.17) is 9.16 Å². The topological polar surface area (TPSA) is 50.8 Å². The number of nitrogens with one attached hydrogen (secondary N) is 1. The van der Waals surface area contributed by atoms with Gasteiger partial charge in [0.25, 0.3) is 0 Å². The largest absolute Gasteiger partial charge is 0.468 e. The van der Waals surface area contributed by atoms with Crippen LogP contribution < -0.4 is 5.32 Å². The molecule has 3 rings (SSSR count). The van der Waals surface area contributed by atoms with E-state index in [1.807, 2.05) is 18.2 Å². The first kappa shape index (κ1) is 32.7. The monoisotopic (exact) mass is 574 g/mol. The molecule has 0 spiro atoms. The Morgan fingerprint density at radius 2 is 1.56 bits per heavy atom. The number of benzene rings is 2. The highest BCUT2D eigenvalue weighted by molar-refractivity contribution is 6.74. The Morgan fingerprint density at radius 1 is 0.976 bits per heavy atom. The van der Waals surface area contributed by atoms with Gasteiger partial charge in [0.1, 0.15) is 5.41 Å². The highest BCUT2D eigenvalue weighted by Crippen LogP contribution is 2.64. The second-order valence-electron chi connectivity index (χ2n) is 12.6. The molecule has 1 aliphatic carbocycles. The van der Waals surface area contributed by atoms with E-state index in [-0.39, 0.29) is 11.0 Å². The highest BCUT2D eigenvalue weighted by atomic mass is 28.4. The van der Waals surface area contributed by atoms with Gasteiger partial charge in [0, 0.05) is 32.7 Å². The van der Waals surface area contributed by atoms with Crippen LogP contribution in [0.25, 0.3) is 0 Å². The van der Waals surface area contributed by atoms with Crippen molar-refractivity contribution in [2.45, 2.75) is 70.4 Å². The highest BCUT2D eigenvalue weighted by Gasteiger charge is 2.73. The van der Waals surface area contributed by atoms with Gasteiger partial charge in [-0.2, -0.15) is 0 Å². The fourth-order valence-corrected chi connectivity index (χ4v) is 6.55. The molecule has 6 heteroatoms. The number of nitrogens with zero attached hydrogens (tertiary/aromatic N) is 1. The summed E-state index contributed by atoms with van der Waals surface area (Å²) in [5.41, 5.74) is 1.17. The lowest BCUT2D eigenvalue weighted by molar-refractivity contribution is -0.149. The molecular weight excluding hydrogens is 524 g/mol. The molecule has 1 aliphatic rings. The predicted octanol–water partition coefficient (Wildman–Crippen LogP) is 7.29.